The standard InChI is InChI=1S/C9H21NS2/c1-3-5-6-7-8-11-12-9-10-4-2/h10H,3-9H2,1-2H3. The molecule has 0 unspecified atom stereocenters. The van der Waals surface area contributed by atoms with Crippen LogP contribution < -0.4 is 5.32 Å². The van der Waals surface area contributed by atoms with E-state index < -0.39 is 0 Å². The Morgan fingerprint density at radius 2 is 1.83 bits per heavy atom. The van der Waals surface area contributed by atoms with Gasteiger partial charge in [-0.15, -0.1) is 0 Å². The van der Waals surface area contributed by atoms with Crippen LogP contribution >= 0.6 is 21.6 Å². The summed E-state index contributed by atoms with van der Waals surface area (Å²) in [5.74, 6) is 2.41. The van der Waals surface area contributed by atoms with Crippen LogP contribution in [-0.2, 0) is 0 Å². The second-order valence-electron chi connectivity index (χ2n) is 2.75. The quantitative estimate of drug-likeness (QED) is 0.353. The van der Waals surface area contributed by atoms with Crippen molar-refractivity contribution in [1.29, 1.82) is 0 Å². The molecule has 0 aliphatic carbocycles. The molecule has 1 nitrogen and oxygen atoms in total. The SMILES string of the molecule is CCCCCCSSCNCC. The lowest BCUT2D eigenvalue weighted by molar-refractivity contribution is 0.707. The fourth-order valence-electron chi connectivity index (χ4n) is 0.832. The topological polar surface area (TPSA) is 12.0 Å². The highest BCUT2D eigenvalue weighted by molar-refractivity contribution is 8.76. The molecular weight excluding hydrogens is 186 g/mol. The summed E-state index contributed by atoms with van der Waals surface area (Å²) in [6, 6.07) is 0. The highest BCUT2D eigenvalue weighted by Crippen LogP contribution is 2.21. The summed E-state index contributed by atoms with van der Waals surface area (Å²) < 4.78 is 0. The Morgan fingerprint density at radius 3 is 2.50 bits per heavy atom. The van der Waals surface area contributed by atoms with Gasteiger partial charge < -0.3 is 5.32 Å². The maximum atomic E-state index is 3.29. The monoisotopic (exact) mass is 207 g/mol. The van der Waals surface area contributed by atoms with Crippen molar-refractivity contribution in [3.63, 3.8) is 0 Å². The predicted molar refractivity (Wildman–Crippen MR) is 62.7 cm³/mol. The number of rotatable bonds is 9. The first-order valence-electron chi connectivity index (χ1n) is 4.87. The van der Waals surface area contributed by atoms with E-state index in [0.717, 1.165) is 12.4 Å². The highest BCUT2D eigenvalue weighted by Gasteiger charge is 1.90. The van der Waals surface area contributed by atoms with Crippen LogP contribution in [0, 0.1) is 0 Å². The molecule has 0 atom stereocenters. The summed E-state index contributed by atoms with van der Waals surface area (Å²) in [4.78, 5) is 0. The number of unbranched alkanes of at least 4 members (excludes halogenated alkanes) is 3. The lowest BCUT2D eigenvalue weighted by Crippen LogP contribution is -2.09. The van der Waals surface area contributed by atoms with Crippen LogP contribution in [0.2, 0.25) is 0 Å². The zero-order valence-electron chi connectivity index (χ0n) is 8.27. The Morgan fingerprint density at radius 1 is 1.00 bits per heavy atom. The summed E-state index contributed by atoms with van der Waals surface area (Å²) in [7, 11) is 3.94. The molecule has 0 saturated heterocycles. The molecule has 74 valence electrons. The minimum absolute atomic E-state index is 1.09. The predicted octanol–water partition coefficient (Wildman–Crippen LogP) is 3.52. The first kappa shape index (κ1) is 12.7. The van der Waals surface area contributed by atoms with Gasteiger partial charge in [-0.05, 0) is 13.0 Å². The molecule has 0 rings (SSSR count). The van der Waals surface area contributed by atoms with Crippen LogP contribution in [0.5, 0.6) is 0 Å². The molecule has 0 aliphatic rings. The van der Waals surface area contributed by atoms with Crippen molar-refractivity contribution in [2.75, 3.05) is 18.2 Å². The average Bonchev–Trinajstić information content (AvgIpc) is 2.10. The van der Waals surface area contributed by atoms with Crippen molar-refractivity contribution in [2.24, 2.45) is 0 Å². The lowest BCUT2D eigenvalue weighted by atomic mass is 10.2. The van der Waals surface area contributed by atoms with Gasteiger partial charge in [-0.2, -0.15) is 0 Å². The van der Waals surface area contributed by atoms with Gasteiger partial charge in [0.25, 0.3) is 0 Å². The summed E-state index contributed by atoms with van der Waals surface area (Å²) in [5.41, 5.74) is 0. The third-order valence-electron chi connectivity index (χ3n) is 1.58. The Balaban J connectivity index is 2.73. The third kappa shape index (κ3) is 10.7. The van der Waals surface area contributed by atoms with E-state index in [1.165, 1.54) is 31.4 Å². The van der Waals surface area contributed by atoms with Crippen LogP contribution in [0.15, 0.2) is 0 Å². The normalized spacial score (nSPS) is 10.5. The van der Waals surface area contributed by atoms with Crippen molar-refractivity contribution in [2.45, 2.75) is 39.5 Å². The number of hydrogen-bond acceptors (Lipinski definition) is 3. The van der Waals surface area contributed by atoms with Crippen molar-refractivity contribution in [3.8, 4) is 0 Å². The molecule has 0 aromatic heterocycles. The van der Waals surface area contributed by atoms with Gasteiger partial charge in [-0.1, -0.05) is 54.7 Å². The smallest absolute Gasteiger partial charge is 0.0523 e. The van der Waals surface area contributed by atoms with E-state index in [-0.39, 0.29) is 0 Å². The van der Waals surface area contributed by atoms with Gasteiger partial charge in [0, 0.05) is 5.75 Å². The number of nitrogens with one attached hydrogen (secondary N) is 1. The molecule has 3 heteroatoms. The molecule has 12 heavy (non-hydrogen) atoms. The first-order valence-corrected chi connectivity index (χ1v) is 7.35. The van der Waals surface area contributed by atoms with Crippen LogP contribution in [0.25, 0.3) is 0 Å². The van der Waals surface area contributed by atoms with Crippen molar-refractivity contribution in [1.82, 2.24) is 5.32 Å². The molecule has 0 saturated carbocycles. The van der Waals surface area contributed by atoms with Crippen molar-refractivity contribution < 1.29 is 0 Å². The van der Waals surface area contributed by atoms with Crippen molar-refractivity contribution in [3.05, 3.63) is 0 Å². The van der Waals surface area contributed by atoms with Crippen LogP contribution in [0.4, 0.5) is 0 Å². The zero-order chi connectivity index (χ0) is 9.07. The molecule has 0 heterocycles. The molecule has 0 bridgehead atoms. The number of hydrogen-bond donors (Lipinski definition) is 1. The fourth-order valence-corrected chi connectivity index (χ4v) is 2.85. The van der Waals surface area contributed by atoms with Gasteiger partial charge in [-0.25, -0.2) is 0 Å². The second kappa shape index (κ2) is 11.7. The lowest BCUT2D eigenvalue weighted by Gasteiger charge is -2.00. The third-order valence-corrected chi connectivity index (χ3v) is 3.87. The molecule has 0 fully saturated rings. The van der Waals surface area contributed by atoms with E-state index in [4.69, 9.17) is 0 Å². The maximum Gasteiger partial charge on any atom is 0.0523 e. The van der Waals surface area contributed by atoms with Crippen LogP contribution in [0.1, 0.15) is 39.5 Å². The van der Waals surface area contributed by atoms with Gasteiger partial charge in [0.1, 0.15) is 0 Å². The largest absolute Gasteiger partial charge is 0.307 e. The molecule has 0 spiro atoms. The van der Waals surface area contributed by atoms with Crippen molar-refractivity contribution >= 4 is 21.6 Å². The Hall–Kier alpha value is 0.660. The summed E-state index contributed by atoms with van der Waals surface area (Å²) >= 11 is 0. The fraction of sp³-hybridized carbons (Fsp3) is 1.00. The van der Waals surface area contributed by atoms with Gasteiger partial charge in [0.05, 0.1) is 5.88 Å². The summed E-state index contributed by atoms with van der Waals surface area (Å²) in [5, 5.41) is 3.29. The molecule has 0 aromatic rings. The van der Waals surface area contributed by atoms with E-state index >= 15 is 0 Å². The zero-order valence-corrected chi connectivity index (χ0v) is 9.90. The van der Waals surface area contributed by atoms with Crippen LogP contribution in [-0.4, -0.2) is 18.2 Å². The van der Waals surface area contributed by atoms with E-state index in [1.807, 2.05) is 21.6 Å². The van der Waals surface area contributed by atoms with E-state index in [0.29, 0.717) is 0 Å². The molecular formula is C9H21NS2. The minimum atomic E-state index is 1.09. The highest BCUT2D eigenvalue weighted by atomic mass is 33.1. The van der Waals surface area contributed by atoms with Gasteiger partial charge >= 0.3 is 0 Å². The minimum Gasteiger partial charge on any atom is -0.307 e. The van der Waals surface area contributed by atoms with Crippen LogP contribution in [0.3, 0.4) is 0 Å². The Bertz CT molecular complexity index is 68.9. The van der Waals surface area contributed by atoms with Gasteiger partial charge in [0.2, 0.25) is 0 Å². The molecule has 0 aliphatic heterocycles. The summed E-state index contributed by atoms with van der Waals surface area (Å²) in [6.07, 6.45) is 5.54. The van der Waals surface area contributed by atoms with E-state index in [2.05, 4.69) is 19.2 Å². The Labute approximate surface area is 84.9 Å². The second-order valence-corrected chi connectivity index (χ2v) is 5.33. The molecule has 0 amide bonds. The molecule has 0 radical (unpaired) electrons. The molecule has 1 N–H and O–H groups in total. The van der Waals surface area contributed by atoms with Gasteiger partial charge in [0.15, 0.2) is 0 Å². The summed E-state index contributed by atoms with van der Waals surface area (Å²) in [6.45, 7) is 5.49. The molecule has 0 aromatic carbocycles. The van der Waals surface area contributed by atoms with E-state index in [1.54, 1.807) is 0 Å². The van der Waals surface area contributed by atoms with Gasteiger partial charge in [-0.3, -0.25) is 0 Å². The van der Waals surface area contributed by atoms with E-state index in [9.17, 15) is 0 Å². The maximum absolute atomic E-state index is 3.29. The Kier molecular flexibility index (Phi) is 12.3. The average molecular weight is 207 g/mol. The first-order chi connectivity index (χ1) is 5.91.